The highest BCUT2D eigenvalue weighted by Gasteiger charge is 1.96. The van der Waals surface area contributed by atoms with Gasteiger partial charge in [0.15, 0.2) is 0 Å². The SMILES string of the molecule is CNC(C)CNC(C)=O. The highest BCUT2D eigenvalue weighted by atomic mass is 16.1. The highest BCUT2D eigenvalue weighted by Crippen LogP contribution is 1.73. The largest absolute Gasteiger partial charge is 0.355 e. The molecule has 0 radical (unpaired) electrons. The molecular weight excluding hydrogens is 116 g/mol. The van der Waals surface area contributed by atoms with Crippen LogP contribution in [-0.2, 0) is 4.79 Å². The van der Waals surface area contributed by atoms with Crippen LogP contribution in [0.1, 0.15) is 13.8 Å². The lowest BCUT2D eigenvalue weighted by Crippen LogP contribution is -2.35. The van der Waals surface area contributed by atoms with Crippen LogP contribution >= 0.6 is 0 Å². The standard InChI is InChI=1S/C6H14N2O/c1-5(7-3)4-8-6(2)9/h5,7H,4H2,1-3H3,(H,8,9). The summed E-state index contributed by atoms with van der Waals surface area (Å²) in [7, 11) is 1.87. The van der Waals surface area contributed by atoms with Crippen LogP contribution in [0.3, 0.4) is 0 Å². The van der Waals surface area contributed by atoms with E-state index in [1.54, 1.807) is 0 Å². The molecule has 0 spiro atoms. The Bertz CT molecular complexity index is 93.1. The van der Waals surface area contributed by atoms with Gasteiger partial charge in [0.05, 0.1) is 0 Å². The van der Waals surface area contributed by atoms with E-state index in [4.69, 9.17) is 0 Å². The van der Waals surface area contributed by atoms with Gasteiger partial charge in [-0.1, -0.05) is 0 Å². The lowest BCUT2D eigenvalue weighted by atomic mass is 10.3. The number of hydrogen-bond acceptors (Lipinski definition) is 2. The summed E-state index contributed by atoms with van der Waals surface area (Å²) in [6, 6.07) is 0.355. The van der Waals surface area contributed by atoms with Crippen LogP contribution in [0.2, 0.25) is 0 Å². The molecule has 0 saturated carbocycles. The normalized spacial score (nSPS) is 12.8. The van der Waals surface area contributed by atoms with Gasteiger partial charge >= 0.3 is 0 Å². The molecule has 0 bridgehead atoms. The van der Waals surface area contributed by atoms with Crippen molar-refractivity contribution < 1.29 is 4.79 Å². The number of nitrogens with one attached hydrogen (secondary N) is 2. The van der Waals surface area contributed by atoms with Crippen molar-refractivity contribution in [1.29, 1.82) is 0 Å². The zero-order valence-electron chi connectivity index (χ0n) is 6.19. The second-order valence-corrected chi connectivity index (χ2v) is 2.13. The average Bonchev–Trinajstić information content (AvgIpc) is 1.83. The van der Waals surface area contributed by atoms with Crippen molar-refractivity contribution in [2.75, 3.05) is 13.6 Å². The first-order valence-corrected chi connectivity index (χ1v) is 3.08. The first-order valence-electron chi connectivity index (χ1n) is 3.08. The molecule has 0 aliphatic heterocycles. The maximum absolute atomic E-state index is 10.3. The molecule has 1 atom stereocenters. The number of carbonyl (C=O) groups is 1. The van der Waals surface area contributed by atoms with Crippen molar-refractivity contribution in [2.45, 2.75) is 19.9 Å². The van der Waals surface area contributed by atoms with E-state index in [0.29, 0.717) is 12.6 Å². The lowest BCUT2D eigenvalue weighted by molar-refractivity contribution is -0.119. The Morgan fingerprint density at radius 2 is 2.22 bits per heavy atom. The van der Waals surface area contributed by atoms with Crippen LogP contribution in [-0.4, -0.2) is 25.5 Å². The quantitative estimate of drug-likeness (QED) is 0.552. The Hall–Kier alpha value is -0.570. The molecule has 1 amide bonds. The summed E-state index contributed by atoms with van der Waals surface area (Å²) in [5, 5.41) is 5.70. The summed E-state index contributed by atoms with van der Waals surface area (Å²) >= 11 is 0. The second-order valence-electron chi connectivity index (χ2n) is 2.13. The minimum atomic E-state index is 0.0251. The fourth-order valence-electron chi connectivity index (χ4n) is 0.399. The molecule has 0 aliphatic carbocycles. The molecule has 0 heterocycles. The third kappa shape index (κ3) is 5.30. The van der Waals surface area contributed by atoms with Crippen LogP contribution in [0.5, 0.6) is 0 Å². The Morgan fingerprint density at radius 3 is 2.56 bits per heavy atom. The van der Waals surface area contributed by atoms with Gasteiger partial charge in [-0.25, -0.2) is 0 Å². The van der Waals surface area contributed by atoms with E-state index in [0.717, 1.165) is 0 Å². The monoisotopic (exact) mass is 130 g/mol. The predicted octanol–water partition coefficient (Wildman–Crippen LogP) is -0.270. The second kappa shape index (κ2) is 4.32. The van der Waals surface area contributed by atoms with Crippen LogP contribution in [0.25, 0.3) is 0 Å². The lowest BCUT2D eigenvalue weighted by Gasteiger charge is -2.08. The van der Waals surface area contributed by atoms with Gasteiger partial charge in [0.1, 0.15) is 0 Å². The van der Waals surface area contributed by atoms with Gasteiger partial charge < -0.3 is 10.6 Å². The summed E-state index contributed by atoms with van der Waals surface area (Å²) in [4.78, 5) is 10.3. The molecule has 0 aromatic carbocycles. The Kier molecular flexibility index (Phi) is 4.05. The van der Waals surface area contributed by atoms with E-state index in [-0.39, 0.29) is 5.91 Å². The molecular formula is C6H14N2O. The summed E-state index contributed by atoms with van der Waals surface area (Å²) in [6.45, 7) is 4.23. The fraction of sp³-hybridized carbons (Fsp3) is 0.833. The minimum absolute atomic E-state index is 0.0251. The van der Waals surface area contributed by atoms with Gasteiger partial charge in [-0.3, -0.25) is 4.79 Å². The third-order valence-electron chi connectivity index (χ3n) is 1.15. The highest BCUT2D eigenvalue weighted by molar-refractivity contribution is 5.72. The van der Waals surface area contributed by atoms with Crippen LogP contribution in [0.15, 0.2) is 0 Å². The molecule has 2 N–H and O–H groups in total. The van der Waals surface area contributed by atoms with Gasteiger partial charge in [0.2, 0.25) is 5.91 Å². The first kappa shape index (κ1) is 8.43. The van der Waals surface area contributed by atoms with Gasteiger partial charge in [-0.2, -0.15) is 0 Å². The fourth-order valence-corrected chi connectivity index (χ4v) is 0.399. The number of hydrogen-bond donors (Lipinski definition) is 2. The molecule has 3 heteroatoms. The van der Waals surface area contributed by atoms with E-state index in [1.807, 2.05) is 14.0 Å². The average molecular weight is 130 g/mol. The van der Waals surface area contributed by atoms with E-state index in [1.165, 1.54) is 6.92 Å². The van der Waals surface area contributed by atoms with Crippen molar-refractivity contribution in [1.82, 2.24) is 10.6 Å². The molecule has 1 unspecified atom stereocenters. The van der Waals surface area contributed by atoms with Crippen LogP contribution in [0.4, 0.5) is 0 Å². The zero-order chi connectivity index (χ0) is 7.28. The summed E-state index contributed by atoms with van der Waals surface area (Å²) in [5.41, 5.74) is 0. The Balaban J connectivity index is 3.16. The molecule has 0 saturated heterocycles. The van der Waals surface area contributed by atoms with Crippen molar-refractivity contribution in [3.63, 3.8) is 0 Å². The maximum atomic E-state index is 10.3. The molecule has 3 nitrogen and oxygen atoms in total. The third-order valence-corrected chi connectivity index (χ3v) is 1.15. The maximum Gasteiger partial charge on any atom is 0.216 e. The topological polar surface area (TPSA) is 41.1 Å². The minimum Gasteiger partial charge on any atom is -0.355 e. The van der Waals surface area contributed by atoms with Crippen LogP contribution in [0, 0.1) is 0 Å². The van der Waals surface area contributed by atoms with Crippen molar-refractivity contribution in [3.05, 3.63) is 0 Å². The van der Waals surface area contributed by atoms with Gasteiger partial charge in [-0.05, 0) is 14.0 Å². The summed E-state index contributed by atoms with van der Waals surface area (Å²) in [5.74, 6) is 0.0251. The molecule has 0 aromatic rings. The first-order chi connectivity index (χ1) is 4.16. The summed E-state index contributed by atoms with van der Waals surface area (Å²) < 4.78 is 0. The van der Waals surface area contributed by atoms with Crippen molar-refractivity contribution in [3.8, 4) is 0 Å². The zero-order valence-corrected chi connectivity index (χ0v) is 6.19. The number of carbonyl (C=O) groups excluding carboxylic acids is 1. The Morgan fingerprint density at radius 1 is 1.67 bits per heavy atom. The van der Waals surface area contributed by atoms with E-state index in [9.17, 15) is 4.79 Å². The summed E-state index contributed by atoms with van der Waals surface area (Å²) in [6.07, 6.45) is 0. The van der Waals surface area contributed by atoms with E-state index >= 15 is 0 Å². The number of likely N-dealkylation sites (N-methyl/N-ethyl adjacent to an activating group) is 1. The molecule has 9 heavy (non-hydrogen) atoms. The number of amides is 1. The van der Waals surface area contributed by atoms with Gasteiger partial charge in [-0.15, -0.1) is 0 Å². The smallest absolute Gasteiger partial charge is 0.216 e. The Labute approximate surface area is 55.8 Å². The van der Waals surface area contributed by atoms with Crippen molar-refractivity contribution >= 4 is 5.91 Å². The van der Waals surface area contributed by atoms with Gasteiger partial charge in [0.25, 0.3) is 0 Å². The predicted molar refractivity (Wildman–Crippen MR) is 37.2 cm³/mol. The van der Waals surface area contributed by atoms with Gasteiger partial charge in [0, 0.05) is 19.5 Å². The van der Waals surface area contributed by atoms with E-state index < -0.39 is 0 Å². The molecule has 0 fully saturated rings. The van der Waals surface area contributed by atoms with E-state index in [2.05, 4.69) is 10.6 Å². The molecule has 54 valence electrons. The van der Waals surface area contributed by atoms with Crippen molar-refractivity contribution in [2.24, 2.45) is 0 Å². The van der Waals surface area contributed by atoms with Crippen LogP contribution < -0.4 is 10.6 Å². The molecule has 0 aliphatic rings. The molecule has 0 rings (SSSR count). The molecule has 0 aromatic heterocycles. The number of rotatable bonds is 3.